The van der Waals surface area contributed by atoms with Gasteiger partial charge in [0, 0.05) is 48.2 Å². The van der Waals surface area contributed by atoms with Gasteiger partial charge in [0.2, 0.25) is 13.2 Å². The summed E-state index contributed by atoms with van der Waals surface area (Å²) in [6.07, 6.45) is 10.6. The zero-order chi connectivity index (χ0) is 24.5. The van der Waals surface area contributed by atoms with Crippen LogP contribution in [-0.2, 0) is 9.36 Å². The van der Waals surface area contributed by atoms with Crippen LogP contribution in [-0.4, -0.2) is 34.7 Å². The number of hydrogen-bond donors (Lipinski definition) is 1. The second-order valence-corrected chi connectivity index (χ2v) is 11.8. The summed E-state index contributed by atoms with van der Waals surface area (Å²) in [6, 6.07) is 23.6. The highest BCUT2D eigenvalue weighted by molar-refractivity contribution is 7.76. The summed E-state index contributed by atoms with van der Waals surface area (Å²) < 4.78 is 16.8. The molecule has 1 N–H and O–H groups in total. The normalized spacial score (nSPS) is 16.3. The van der Waals surface area contributed by atoms with Crippen LogP contribution in [0.25, 0.3) is 6.08 Å². The van der Waals surface area contributed by atoms with Crippen LogP contribution in [0.5, 0.6) is 0 Å². The third-order valence-electron chi connectivity index (χ3n) is 6.73. The molecule has 0 bridgehead atoms. The van der Waals surface area contributed by atoms with Gasteiger partial charge in [-0.3, -0.25) is 14.3 Å². The number of rotatable bonds is 9. The van der Waals surface area contributed by atoms with Crippen LogP contribution in [0.15, 0.2) is 91.3 Å². The predicted molar refractivity (Wildman–Crippen MR) is 144 cm³/mol. The molecule has 2 aromatic carbocycles. The number of carbonyl (C=O) groups is 1. The van der Waals surface area contributed by atoms with Gasteiger partial charge in [-0.15, -0.1) is 0 Å². The van der Waals surface area contributed by atoms with E-state index in [1.54, 1.807) is 24.5 Å². The first-order chi connectivity index (χ1) is 17.1. The first kappa shape index (κ1) is 25.1. The van der Waals surface area contributed by atoms with Crippen molar-refractivity contribution in [3.8, 4) is 0 Å². The van der Waals surface area contributed by atoms with Crippen LogP contribution < -0.4 is 15.9 Å². The summed E-state index contributed by atoms with van der Waals surface area (Å²) in [4.78, 5) is 16.8. The zero-order valence-electron chi connectivity index (χ0n) is 20.3. The summed E-state index contributed by atoms with van der Waals surface area (Å²) in [5.74, 6) is 0.288. The minimum Gasteiger partial charge on any atom is -0.350 e. The zero-order valence-corrected chi connectivity index (χ0v) is 21.2. The van der Waals surface area contributed by atoms with Gasteiger partial charge in [0.25, 0.3) is 0 Å². The molecule has 35 heavy (non-hydrogen) atoms. The largest absolute Gasteiger partial charge is 0.350 e. The van der Waals surface area contributed by atoms with Crippen molar-refractivity contribution >= 4 is 29.9 Å². The van der Waals surface area contributed by atoms with E-state index in [-0.39, 0.29) is 11.9 Å². The molecule has 1 saturated heterocycles. The Kier molecular flexibility index (Phi) is 8.68. The van der Waals surface area contributed by atoms with Crippen molar-refractivity contribution in [2.75, 3.05) is 13.1 Å². The lowest BCUT2D eigenvalue weighted by atomic mass is 9.87. The molecule has 1 amide bonds. The number of nitrogens with zero attached hydrogens (tertiary/aromatic N) is 2. The lowest BCUT2D eigenvalue weighted by Crippen LogP contribution is -2.45. The fraction of sp³-hybridized carbons (Fsp3) is 0.310. The van der Waals surface area contributed by atoms with Crippen LogP contribution in [0.2, 0.25) is 0 Å². The average molecular weight is 488 g/mol. The molecule has 182 valence electrons. The molecular formula is C29H34N3O2P. The number of aromatic nitrogens is 1. The minimum atomic E-state index is -2.91. The first-order valence-electron chi connectivity index (χ1n) is 12.5. The lowest BCUT2D eigenvalue weighted by Gasteiger charge is -2.40. The molecule has 1 aromatic heterocycles. The van der Waals surface area contributed by atoms with Crippen molar-refractivity contribution in [2.24, 2.45) is 5.92 Å². The molecule has 1 aliphatic rings. The SMILES string of the molecule is CCCC(NC(=O)/C=C\c1cccnc1)C1CCN(P(=O)(c2ccccc2)c2ccccc2)CC1. The van der Waals surface area contributed by atoms with Crippen LogP contribution >= 0.6 is 7.29 Å². The van der Waals surface area contributed by atoms with E-state index >= 15 is 0 Å². The van der Waals surface area contributed by atoms with Gasteiger partial charge in [-0.1, -0.05) is 55.8 Å². The van der Waals surface area contributed by atoms with Gasteiger partial charge in [0.05, 0.1) is 0 Å². The highest BCUT2D eigenvalue weighted by atomic mass is 31.2. The molecular weight excluding hydrogens is 453 g/mol. The highest BCUT2D eigenvalue weighted by Gasteiger charge is 2.38. The fourth-order valence-electron chi connectivity index (χ4n) is 4.92. The van der Waals surface area contributed by atoms with E-state index < -0.39 is 7.29 Å². The standard InChI is InChI=1S/C29H34N3O2P/c1-2-10-28(31-29(33)17-16-24-11-9-20-30-23-24)25-18-21-32(22-19-25)35(34,26-12-5-3-6-13-26)27-14-7-4-8-15-27/h3-9,11-17,20,23,25,28H,2,10,18-19,21-22H2,1H3,(H,31,33)/b17-16-. The Morgan fingerprint density at radius 1 is 1.03 bits per heavy atom. The quantitative estimate of drug-likeness (QED) is 0.340. The Morgan fingerprint density at radius 2 is 1.66 bits per heavy atom. The fourth-order valence-corrected chi connectivity index (χ4v) is 7.82. The van der Waals surface area contributed by atoms with Crippen molar-refractivity contribution in [1.29, 1.82) is 0 Å². The second-order valence-electron chi connectivity index (χ2n) is 9.06. The Labute approximate surface area is 208 Å². The highest BCUT2D eigenvalue weighted by Crippen LogP contribution is 2.49. The molecule has 1 unspecified atom stereocenters. The van der Waals surface area contributed by atoms with E-state index in [1.165, 1.54) is 0 Å². The summed E-state index contributed by atoms with van der Waals surface area (Å²) in [7, 11) is -2.91. The molecule has 1 fully saturated rings. The minimum absolute atomic E-state index is 0.0750. The predicted octanol–water partition coefficient (Wildman–Crippen LogP) is 5.02. The van der Waals surface area contributed by atoms with E-state index in [9.17, 15) is 9.36 Å². The first-order valence-corrected chi connectivity index (χ1v) is 14.1. The average Bonchev–Trinajstić information content (AvgIpc) is 2.93. The molecule has 0 aliphatic carbocycles. The van der Waals surface area contributed by atoms with Crippen LogP contribution in [0, 0.1) is 5.92 Å². The number of piperidine rings is 1. The van der Waals surface area contributed by atoms with Gasteiger partial charge in [-0.2, -0.15) is 0 Å². The lowest BCUT2D eigenvalue weighted by molar-refractivity contribution is -0.117. The Hall–Kier alpha value is -3.01. The molecule has 4 rings (SSSR count). The maximum Gasteiger partial charge on any atom is 0.244 e. The van der Waals surface area contributed by atoms with Crippen LogP contribution in [0.1, 0.15) is 38.2 Å². The van der Waals surface area contributed by atoms with Gasteiger partial charge in [0.1, 0.15) is 0 Å². The number of amides is 1. The number of carbonyl (C=O) groups excluding carboxylic acids is 1. The van der Waals surface area contributed by atoms with Gasteiger partial charge in [-0.05, 0) is 67.2 Å². The van der Waals surface area contributed by atoms with Crippen molar-refractivity contribution < 1.29 is 9.36 Å². The van der Waals surface area contributed by atoms with Gasteiger partial charge >= 0.3 is 0 Å². The molecule has 0 radical (unpaired) electrons. The van der Waals surface area contributed by atoms with Crippen LogP contribution in [0.4, 0.5) is 0 Å². The van der Waals surface area contributed by atoms with Crippen molar-refractivity contribution in [1.82, 2.24) is 15.0 Å². The molecule has 1 atom stereocenters. The third kappa shape index (κ3) is 6.17. The molecule has 0 saturated carbocycles. The number of pyridine rings is 1. The summed E-state index contributed by atoms with van der Waals surface area (Å²) >= 11 is 0. The molecule has 3 aromatic rings. The molecule has 2 heterocycles. The molecule has 5 nitrogen and oxygen atoms in total. The van der Waals surface area contributed by atoms with E-state index in [4.69, 9.17) is 0 Å². The van der Waals surface area contributed by atoms with Crippen molar-refractivity contribution in [3.63, 3.8) is 0 Å². The number of nitrogens with one attached hydrogen (secondary N) is 1. The van der Waals surface area contributed by atoms with Gasteiger partial charge < -0.3 is 5.32 Å². The molecule has 1 aliphatic heterocycles. The summed E-state index contributed by atoms with van der Waals surface area (Å²) in [5.41, 5.74) is 0.903. The Bertz CT molecular complexity index is 1100. The number of hydrogen-bond acceptors (Lipinski definition) is 3. The topological polar surface area (TPSA) is 62.3 Å². The Balaban J connectivity index is 1.45. The molecule has 0 spiro atoms. The maximum atomic E-state index is 14.6. The van der Waals surface area contributed by atoms with E-state index in [1.807, 2.05) is 72.8 Å². The van der Waals surface area contributed by atoms with E-state index in [0.29, 0.717) is 5.92 Å². The third-order valence-corrected chi connectivity index (χ3v) is 9.93. The van der Waals surface area contributed by atoms with Crippen LogP contribution in [0.3, 0.4) is 0 Å². The maximum absolute atomic E-state index is 14.6. The van der Waals surface area contributed by atoms with Gasteiger partial charge in [0.15, 0.2) is 0 Å². The second kappa shape index (κ2) is 12.1. The molecule has 6 heteroatoms. The monoisotopic (exact) mass is 487 g/mol. The summed E-state index contributed by atoms with van der Waals surface area (Å²) in [6.45, 7) is 3.64. The smallest absolute Gasteiger partial charge is 0.244 e. The van der Waals surface area contributed by atoms with Crippen molar-refractivity contribution in [3.05, 3.63) is 96.8 Å². The summed E-state index contributed by atoms with van der Waals surface area (Å²) in [5, 5.41) is 5.00. The van der Waals surface area contributed by atoms with Gasteiger partial charge in [-0.25, -0.2) is 4.67 Å². The van der Waals surface area contributed by atoms with E-state index in [2.05, 4.69) is 21.9 Å². The number of benzene rings is 2. The van der Waals surface area contributed by atoms with Crippen molar-refractivity contribution in [2.45, 2.75) is 38.6 Å². The van der Waals surface area contributed by atoms with E-state index in [0.717, 1.165) is 54.9 Å². The Morgan fingerprint density at radius 3 is 2.20 bits per heavy atom.